The van der Waals surface area contributed by atoms with Gasteiger partial charge in [0, 0.05) is 17.7 Å². The van der Waals surface area contributed by atoms with Crippen LogP contribution in [0.1, 0.15) is 10.4 Å². The van der Waals surface area contributed by atoms with E-state index in [9.17, 15) is 14.0 Å². The summed E-state index contributed by atoms with van der Waals surface area (Å²) in [5.74, 6) is -0.691. The highest BCUT2D eigenvalue weighted by atomic mass is 79.9. The van der Waals surface area contributed by atoms with Gasteiger partial charge in [0.2, 0.25) is 0 Å². The van der Waals surface area contributed by atoms with Crippen molar-refractivity contribution < 1.29 is 23.5 Å². The molecule has 0 aliphatic heterocycles. The molecule has 0 unspecified atom stereocenters. The van der Waals surface area contributed by atoms with E-state index in [4.69, 9.17) is 9.47 Å². The molecule has 3 aromatic rings. The van der Waals surface area contributed by atoms with Crippen molar-refractivity contribution in [1.29, 1.82) is 0 Å². The highest BCUT2D eigenvalue weighted by molar-refractivity contribution is 9.10. The van der Waals surface area contributed by atoms with E-state index in [1.165, 1.54) is 46.2 Å². The van der Waals surface area contributed by atoms with E-state index in [0.717, 1.165) is 4.47 Å². The molecule has 30 heavy (non-hydrogen) atoms. The van der Waals surface area contributed by atoms with Crippen molar-refractivity contribution in [3.8, 4) is 11.4 Å². The van der Waals surface area contributed by atoms with Crippen molar-refractivity contribution in [3.63, 3.8) is 0 Å². The van der Waals surface area contributed by atoms with Crippen LogP contribution in [-0.2, 0) is 9.53 Å². The van der Waals surface area contributed by atoms with Gasteiger partial charge in [0.25, 0.3) is 5.91 Å². The molecule has 1 amide bonds. The van der Waals surface area contributed by atoms with Gasteiger partial charge in [-0.15, -0.1) is 0 Å². The fourth-order valence-corrected chi connectivity index (χ4v) is 2.70. The monoisotopic (exact) mass is 475 g/mol. The summed E-state index contributed by atoms with van der Waals surface area (Å²) in [6.07, 6.45) is 2.78. The molecule has 9 heteroatoms. The lowest BCUT2D eigenvalue weighted by atomic mass is 10.3. The number of hydrogen-bond acceptors (Lipinski definition) is 5. The Morgan fingerprint density at radius 2 is 1.83 bits per heavy atom. The SMILES string of the molecule is CN(CCOc1ccc(Br)cc1)C(=O)COC(=O)c1cnn(-c2ccc(F)cc2)c1. The van der Waals surface area contributed by atoms with E-state index in [-0.39, 0.29) is 17.3 Å². The second kappa shape index (κ2) is 10.0. The van der Waals surface area contributed by atoms with Crippen LogP contribution in [0.4, 0.5) is 4.39 Å². The zero-order chi connectivity index (χ0) is 21.5. The third-order valence-electron chi connectivity index (χ3n) is 4.17. The summed E-state index contributed by atoms with van der Waals surface area (Å²) < 4.78 is 26.0. The molecule has 0 aliphatic rings. The van der Waals surface area contributed by atoms with Gasteiger partial charge < -0.3 is 14.4 Å². The Bertz CT molecular complexity index is 1010. The molecule has 0 bridgehead atoms. The van der Waals surface area contributed by atoms with Crippen LogP contribution >= 0.6 is 15.9 Å². The Morgan fingerprint density at radius 1 is 1.13 bits per heavy atom. The van der Waals surface area contributed by atoms with E-state index in [0.29, 0.717) is 24.6 Å². The number of carbonyl (C=O) groups is 2. The smallest absolute Gasteiger partial charge is 0.341 e. The topological polar surface area (TPSA) is 73.7 Å². The lowest BCUT2D eigenvalue weighted by Gasteiger charge is -2.17. The summed E-state index contributed by atoms with van der Waals surface area (Å²) >= 11 is 3.35. The quantitative estimate of drug-likeness (QED) is 0.466. The predicted octanol–water partition coefficient (Wildman–Crippen LogP) is 3.47. The molecule has 1 heterocycles. The number of rotatable bonds is 8. The van der Waals surface area contributed by atoms with E-state index < -0.39 is 12.6 Å². The van der Waals surface area contributed by atoms with Crippen LogP contribution < -0.4 is 4.74 Å². The first kappa shape index (κ1) is 21.5. The van der Waals surface area contributed by atoms with Crippen molar-refractivity contribution in [2.75, 3.05) is 26.8 Å². The van der Waals surface area contributed by atoms with Crippen LogP contribution in [-0.4, -0.2) is 53.4 Å². The highest BCUT2D eigenvalue weighted by Crippen LogP contribution is 2.16. The number of hydrogen-bond donors (Lipinski definition) is 0. The maximum atomic E-state index is 13.0. The summed E-state index contributed by atoms with van der Waals surface area (Å²) in [4.78, 5) is 25.7. The predicted molar refractivity (Wildman–Crippen MR) is 111 cm³/mol. The van der Waals surface area contributed by atoms with Crippen molar-refractivity contribution in [2.24, 2.45) is 0 Å². The fourth-order valence-electron chi connectivity index (χ4n) is 2.44. The lowest BCUT2D eigenvalue weighted by molar-refractivity contribution is -0.133. The van der Waals surface area contributed by atoms with Crippen molar-refractivity contribution >= 4 is 27.8 Å². The molecule has 0 fully saturated rings. The van der Waals surface area contributed by atoms with Gasteiger partial charge in [0.05, 0.1) is 24.0 Å². The van der Waals surface area contributed by atoms with Crippen LogP contribution in [0.25, 0.3) is 5.69 Å². The molecule has 3 rings (SSSR count). The Morgan fingerprint density at radius 3 is 2.53 bits per heavy atom. The Labute approximate surface area is 181 Å². The molecular weight excluding hydrogens is 457 g/mol. The van der Waals surface area contributed by atoms with Gasteiger partial charge in [-0.2, -0.15) is 5.10 Å². The number of aromatic nitrogens is 2. The van der Waals surface area contributed by atoms with Crippen LogP contribution in [0.3, 0.4) is 0 Å². The maximum absolute atomic E-state index is 13.0. The van der Waals surface area contributed by atoms with Gasteiger partial charge in [-0.05, 0) is 48.5 Å². The molecule has 0 spiro atoms. The molecule has 0 saturated carbocycles. The third-order valence-corrected chi connectivity index (χ3v) is 4.70. The maximum Gasteiger partial charge on any atom is 0.341 e. The van der Waals surface area contributed by atoms with Crippen LogP contribution in [0.15, 0.2) is 65.4 Å². The molecular formula is C21H19BrFN3O4. The molecule has 0 aliphatic carbocycles. The minimum Gasteiger partial charge on any atom is -0.492 e. The lowest BCUT2D eigenvalue weighted by Crippen LogP contribution is -2.34. The van der Waals surface area contributed by atoms with Crippen molar-refractivity contribution in [3.05, 3.63) is 76.8 Å². The zero-order valence-electron chi connectivity index (χ0n) is 16.1. The van der Waals surface area contributed by atoms with Gasteiger partial charge in [-0.3, -0.25) is 4.79 Å². The molecule has 0 N–H and O–H groups in total. The van der Waals surface area contributed by atoms with Gasteiger partial charge >= 0.3 is 5.97 Å². The molecule has 1 aromatic heterocycles. The Balaban J connectivity index is 1.44. The molecule has 2 aromatic carbocycles. The summed E-state index contributed by atoms with van der Waals surface area (Å²) in [6.45, 7) is 0.256. The molecule has 0 radical (unpaired) electrons. The normalized spacial score (nSPS) is 10.5. The fraction of sp³-hybridized carbons (Fsp3) is 0.190. The molecule has 7 nitrogen and oxygen atoms in total. The number of carbonyl (C=O) groups excluding carboxylic acids is 2. The van der Waals surface area contributed by atoms with Crippen LogP contribution in [0.5, 0.6) is 5.75 Å². The summed E-state index contributed by atoms with van der Waals surface area (Å²) in [6, 6.07) is 13.0. The first-order chi connectivity index (χ1) is 14.4. The number of benzene rings is 2. The number of halogens is 2. The zero-order valence-corrected chi connectivity index (χ0v) is 17.7. The minimum atomic E-state index is -0.670. The molecule has 0 atom stereocenters. The Hall–Kier alpha value is -3.20. The summed E-state index contributed by atoms with van der Waals surface area (Å²) in [7, 11) is 1.60. The number of likely N-dealkylation sites (N-methyl/N-ethyl adjacent to an activating group) is 1. The van der Waals surface area contributed by atoms with Crippen molar-refractivity contribution in [2.45, 2.75) is 0 Å². The second-order valence-corrected chi connectivity index (χ2v) is 7.26. The Kier molecular flexibility index (Phi) is 7.18. The van der Waals surface area contributed by atoms with Gasteiger partial charge in [-0.25, -0.2) is 13.9 Å². The van der Waals surface area contributed by atoms with Crippen LogP contribution in [0, 0.1) is 5.82 Å². The largest absolute Gasteiger partial charge is 0.492 e. The summed E-state index contributed by atoms with van der Waals surface area (Å²) in [5.41, 5.74) is 0.783. The van der Waals surface area contributed by atoms with Gasteiger partial charge in [-0.1, -0.05) is 15.9 Å². The summed E-state index contributed by atoms with van der Waals surface area (Å²) in [5, 5.41) is 4.05. The van der Waals surface area contributed by atoms with Gasteiger partial charge in [0.15, 0.2) is 6.61 Å². The number of esters is 1. The minimum absolute atomic E-state index is 0.188. The van der Waals surface area contributed by atoms with E-state index in [2.05, 4.69) is 21.0 Å². The van der Waals surface area contributed by atoms with E-state index in [1.54, 1.807) is 7.05 Å². The number of amides is 1. The average Bonchev–Trinajstić information content (AvgIpc) is 3.24. The number of nitrogens with zero attached hydrogens (tertiary/aromatic N) is 3. The molecule has 0 saturated heterocycles. The first-order valence-electron chi connectivity index (χ1n) is 9.02. The van der Waals surface area contributed by atoms with Crippen LogP contribution in [0.2, 0.25) is 0 Å². The van der Waals surface area contributed by atoms with E-state index >= 15 is 0 Å². The third kappa shape index (κ3) is 5.90. The first-order valence-corrected chi connectivity index (χ1v) is 9.82. The second-order valence-electron chi connectivity index (χ2n) is 6.34. The number of ether oxygens (including phenoxy) is 2. The highest BCUT2D eigenvalue weighted by Gasteiger charge is 2.15. The van der Waals surface area contributed by atoms with Gasteiger partial charge in [0.1, 0.15) is 18.2 Å². The van der Waals surface area contributed by atoms with Crippen molar-refractivity contribution in [1.82, 2.24) is 14.7 Å². The van der Waals surface area contributed by atoms with E-state index in [1.807, 2.05) is 24.3 Å². The molecule has 156 valence electrons. The standard InChI is InChI=1S/C21H19BrFN3O4/c1-25(10-11-29-19-8-2-16(22)3-9-19)20(27)14-30-21(28)15-12-24-26(13-15)18-6-4-17(23)5-7-18/h2-9,12-13H,10-11,14H2,1H3. The average molecular weight is 476 g/mol.